The number of hydrazone groups is 1. The van der Waals surface area contributed by atoms with Crippen LogP contribution in [0, 0.1) is 5.92 Å². The van der Waals surface area contributed by atoms with Gasteiger partial charge in [0, 0.05) is 24.9 Å². The lowest BCUT2D eigenvalue weighted by molar-refractivity contribution is -0.131. The first kappa shape index (κ1) is 23.0. The van der Waals surface area contributed by atoms with Gasteiger partial charge < -0.3 is 10.6 Å². The van der Waals surface area contributed by atoms with Gasteiger partial charge in [0.05, 0.1) is 12.3 Å². The predicted octanol–water partition coefficient (Wildman–Crippen LogP) is 3.02. The summed E-state index contributed by atoms with van der Waals surface area (Å²) in [5, 5.41) is 12.4. The van der Waals surface area contributed by atoms with Crippen LogP contribution in [0.1, 0.15) is 40.7 Å². The molecule has 0 aromatic heterocycles. The molecule has 1 unspecified atom stereocenters. The van der Waals surface area contributed by atoms with Gasteiger partial charge >= 0.3 is 0 Å². The van der Waals surface area contributed by atoms with Crippen LogP contribution >= 0.6 is 12.4 Å². The van der Waals surface area contributed by atoms with E-state index < -0.39 is 0 Å². The maximum absolute atomic E-state index is 12.8. The number of halogens is 1. The third-order valence-electron chi connectivity index (χ3n) is 5.75. The summed E-state index contributed by atoms with van der Waals surface area (Å²) in [6, 6.07) is 17.7. The van der Waals surface area contributed by atoms with Crippen molar-refractivity contribution in [3.05, 3.63) is 71.3 Å². The van der Waals surface area contributed by atoms with Gasteiger partial charge in [-0.25, -0.2) is 5.01 Å². The molecule has 4 rings (SSSR count). The van der Waals surface area contributed by atoms with Gasteiger partial charge in [0.25, 0.3) is 5.91 Å². The molecule has 1 atom stereocenters. The number of nitrogens with one attached hydrogen (secondary N) is 2. The lowest BCUT2D eigenvalue weighted by Gasteiger charge is -2.24. The van der Waals surface area contributed by atoms with Crippen LogP contribution in [0.4, 0.5) is 0 Å². The van der Waals surface area contributed by atoms with Crippen LogP contribution in [0.2, 0.25) is 0 Å². The van der Waals surface area contributed by atoms with E-state index in [9.17, 15) is 9.59 Å². The van der Waals surface area contributed by atoms with Crippen LogP contribution in [0.25, 0.3) is 0 Å². The van der Waals surface area contributed by atoms with Crippen LogP contribution < -0.4 is 10.6 Å². The van der Waals surface area contributed by atoms with Crippen LogP contribution in [0.15, 0.2) is 59.7 Å². The fraction of sp³-hybridized carbons (Fsp3) is 0.375. The Morgan fingerprint density at radius 1 is 1.10 bits per heavy atom. The Labute approximate surface area is 189 Å². The Morgan fingerprint density at radius 2 is 1.87 bits per heavy atom. The Bertz CT molecular complexity index is 926. The molecule has 2 heterocycles. The predicted molar refractivity (Wildman–Crippen MR) is 125 cm³/mol. The van der Waals surface area contributed by atoms with Crippen molar-refractivity contribution in [2.24, 2.45) is 11.0 Å². The van der Waals surface area contributed by atoms with Crippen LogP contribution in [0.3, 0.4) is 0 Å². The lowest BCUT2D eigenvalue weighted by atomic mass is 9.94. The fourth-order valence-electron chi connectivity index (χ4n) is 4.10. The van der Waals surface area contributed by atoms with E-state index in [4.69, 9.17) is 0 Å². The Balaban J connectivity index is 0.00000272. The van der Waals surface area contributed by atoms with Crippen molar-refractivity contribution in [3.63, 3.8) is 0 Å². The molecule has 31 heavy (non-hydrogen) atoms. The second-order valence-electron chi connectivity index (χ2n) is 7.91. The van der Waals surface area contributed by atoms with E-state index in [0.717, 1.165) is 48.3 Å². The number of nitrogens with zero attached hydrogens (tertiary/aromatic N) is 2. The molecule has 2 aromatic carbocycles. The highest BCUT2D eigenvalue weighted by Gasteiger charge is 2.22. The number of rotatable bonds is 7. The summed E-state index contributed by atoms with van der Waals surface area (Å²) in [7, 11) is 0. The molecule has 2 amide bonds. The first-order valence-corrected chi connectivity index (χ1v) is 10.7. The molecule has 0 spiro atoms. The first-order valence-electron chi connectivity index (χ1n) is 10.7. The number of carbonyl (C=O) groups is 2. The van der Waals surface area contributed by atoms with Crippen molar-refractivity contribution in [2.75, 3.05) is 26.2 Å². The fourth-order valence-corrected chi connectivity index (χ4v) is 4.10. The Morgan fingerprint density at radius 3 is 2.65 bits per heavy atom. The van der Waals surface area contributed by atoms with Crippen molar-refractivity contribution in [1.82, 2.24) is 15.6 Å². The summed E-state index contributed by atoms with van der Waals surface area (Å²) < 4.78 is 0. The van der Waals surface area contributed by atoms with Crippen molar-refractivity contribution in [2.45, 2.75) is 25.7 Å². The highest BCUT2D eigenvalue weighted by atomic mass is 35.5. The van der Waals surface area contributed by atoms with Crippen LogP contribution in [-0.2, 0) is 11.2 Å². The average molecular weight is 441 g/mol. The molecule has 0 radical (unpaired) electrons. The van der Waals surface area contributed by atoms with E-state index in [0.29, 0.717) is 31.8 Å². The summed E-state index contributed by atoms with van der Waals surface area (Å²) >= 11 is 0. The van der Waals surface area contributed by atoms with E-state index in [1.54, 1.807) is 0 Å². The molecule has 164 valence electrons. The average Bonchev–Trinajstić information content (AvgIpc) is 3.29. The molecule has 0 bridgehead atoms. The molecule has 0 saturated carbocycles. The summed E-state index contributed by atoms with van der Waals surface area (Å²) in [6.45, 7) is 2.80. The van der Waals surface area contributed by atoms with Crippen LogP contribution in [-0.4, -0.2) is 48.7 Å². The number of benzene rings is 2. The number of hydrogen-bond acceptors (Lipinski definition) is 4. The van der Waals surface area contributed by atoms with Crippen molar-refractivity contribution in [3.8, 4) is 0 Å². The number of amides is 2. The molecule has 7 heteroatoms. The standard InChI is InChI=1S/C24H28N4O2.ClH/c29-23-11-10-22(19-6-2-1-3-7-19)27-28(23)15-14-26-24(30)21-9-5-4-8-20(21)16-18-12-13-25-17-18;/h1-9,18,25H,10-17H2,(H,26,30);1H. The normalized spacial score (nSPS) is 18.3. The van der Waals surface area contributed by atoms with Gasteiger partial charge in [-0.15, -0.1) is 12.4 Å². The minimum absolute atomic E-state index is 0. The van der Waals surface area contributed by atoms with E-state index in [2.05, 4.69) is 15.7 Å². The Kier molecular flexibility index (Phi) is 8.20. The van der Waals surface area contributed by atoms with Gasteiger partial charge in [0.2, 0.25) is 5.91 Å². The minimum atomic E-state index is -0.0896. The topological polar surface area (TPSA) is 73.8 Å². The molecule has 1 fully saturated rings. The third kappa shape index (κ3) is 5.93. The summed E-state index contributed by atoms with van der Waals surface area (Å²) in [5.41, 5.74) is 3.76. The van der Waals surface area contributed by atoms with Gasteiger partial charge in [-0.05, 0) is 49.0 Å². The molecular weight excluding hydrogens is 412 g/mol. The van der Waals surface area contributed by atoms with E-state index in [1.165, 1.54) is 5.01 Å². The zero-order valence-electron chi connectivity index (χ0n) is 17.5. The SMILES string of the molecule is Cl.O=C(NCCN1N=C(c2ccccc2)CCC1=O)c1ccccc1CC1CCNC1. The number of hydrogen-bond donors (Lipinski definition) is 2. The number of carbonyl (C=O) groups excluding carboxylic acids is 2. The zero-order chi connectivity index (χ0) is 20.8. The monoisotopic (exact) mass is 440 g/mol. The molecule has 2 N–H and O–H groups in total. The molecular formula is C24H29ClN4O2. The molecule has 6 nitrogen and oxygen atoms in total. The smallest absolute Gasteiger partial charge is 0.251 e. The third-order valence-corrected chi connectivity index (χ3v) is 5.75. The van der Waals surface area contributed by atoms with Crippen molar-refractivity contribution < 1.29 is 9.59 Å². The Hall–Kier alpha value is -2.70. The molecule has 2 aliphatic rings. The zero-order valence-corrected chi connectivity index (χ0v) is 18.4. The lowest BCUT2D eigenvalue weighted by Crippen LogP contribution is -2.38. The van der Waals surface area contributed by atoms with Gasteiger partial charge in [-0.2, -0.15) is 5.10 Å². The van der Waals surface area contributed by atoms with E-state index in [-0.39, 0.29) is 24.2 Å². The first-order chi connectivity index (χ1) is 14.7. The summed E-state index contributed by atoms with van der Waals surface area (Å²) in [5.74, 6) is 0.488. The van der Waals surface area contributed by atoms with Gasteiger partial charge in [0.1, 0.15) is 0 Å². The van der Waals surface area contributed by atoms with Crippen molar-refractivity contribution >= 4 is 29.9 Å². The van der Waals surface area contributed by atoms with Gasteiger partial charge in [-0.1, -0.05) is 48.5 Å². The second kappa shape index (κ2) is 11.1. The molecule has 1 saturated heterocycles. The van der Waals surface area contributed by atoms with Crippen molar-refractivity contribution in [1.29, 1.82) is 0 Å². The summed E-state index contributed by atoms with van der Waals surface area (Å²) in [4.78, 5) is 25.0. The second-order valence-corrected chi connectivity index (χ2v) is 7.91. The molecule has 2 aromatic rings. The summed E-state index contributed by atoms with van der Waals surface area (Å²) in [6.07, 6.45) is 3.15. The molecule has 2 aliphatic heterocycles. The van der Waals surface area contributed by atoms with Gasteiger partial charge in [0.15, 0.2) is 0 Å². The maximum atomic E-state index is 12.8. The highest BCUT2D eigenvalue weighted by molar-refractivity contribution is 6.04. The molecule has 0 aliphatic carbocycles. The quantitative estimate of drug-likeness (QED) is 0.695. The minimum Gasteiger partial charge on any atom is -0.350 e. The maximum Gasteiger partial charge on any atom is 0.251 e. The van der Waals surface area contributed by atoms with Gasteiger partial charge in [-0.3, -0.25) is 9.59 Å². The van der Waals surface area contributed by atoms with E-state index in [1.807, 2.05) is 54.6 Å². The largest absolute Gasteiger partial charge is 0.350 e. The highest BCUT2D eigenvalue weighted by Crippen LogP contribution is 2.19. The van der Waals surface area contributed by atoms with E-state index >= 15 is 0 Å². The van der Waals surface area contributed by atoms with Crippen LogP contribution in [0.5, 0.6) is 0 Å².